The summed E-state index contributed by atoms with van der Waals surface area (Å²) in [6.45, 7) is 5.86. The summed E-state index contributed by atoms with van der Waals surface area (Å²) >= 11 is 0. The molecule has 0 amide bonds. The monoisotopic (exact) mass is 373 g/mol. The van der Waals surface area contributed by atoms with Crippen LogP contribution in [0.3, 0.4) is 0 Å². The third-order valence-corrected chi connectivity index (χ3v) is 4.65. The summed E-state index contributed by atoms with van der Waals surface area (Å²) in [4.78, 5) is 4.59. The number of hydrogen-bond donors (Lipinski definition) is 2. The van der Waals surface area contributed by atoms with Crippen molar-refractivity contribution in [1.29, 1.82) is 0 Å². The molecular weight excluding hydrogens is 345 g/mol. The fourth-order valence-corrected chi connectivity index (χ4v) is 2.72. The second kappa shape index (κ2) is 8.88. The Morgan fingerprint density at radius 1 is 1.41 bits per heavy atom. The van der Waals surface area contributed by atoms with Gasteiger partial charge in [0, 0.05) is 19.8 Å². The van der Waals surface area contributed by atoms with Gasteiger partial charge in [-0.1, -0.05) is 6.07 Å². The first kappa shape index (κ1) is 19.2. The molecule has 146 valence electrons. The van der Waals surface area contributed by atoms with E-state index in [-0.39, 0.29) is 11.9 Å². The fourth-order valence-electron chi connectivity index (χ4n) is 2.72. The van der Waals surface area contributed by atoms with Gasteiger partial charge in [-0.2, -0.15) is 5.10 Å². The molecule has 2 N–H and O–H groups in total. The van der Waals surface area contributed by atoms with Gasteiger partial charge < -0.3 is 15.4 Å². The molecule has 0 aliphatic heterocycles. The molecule has 7 heteroatoms. The van der Waals surface area contributed by atoms with Crippen LogP contribution in [0.25, 0.3) is 0 Å². The van der Waals surface area contributed by atoms with Crippen LogP contribution >= 0.6 is 0 Å². The van der Waals surface area contributed by atoms with E-state index in [1.807, 2.05) is 33.0 Å². The molecule has 1 aliphatic carbocycles. The number of halogens is 1. The van der Waals surface area contributed by atoms with Gasteiger partial charge in [0.2, 0.25) is 0 Å². The van der Waals surface area contributed by atoms with Gasteiger partial charge in [0.15, 0.2) is 17.5 Å². The van der Waals surface area contributed by atoms with Crippen LogP contribution in [0.4, 0.5) is 4.39 Å². The second-order valence-corrected chi connectivity index (χ2v) is 6.95. The van der Waals surface area contributed by atoms with Crippen molar-refractivity contribution >= 4 is 5.96 Å². The zero-order valence-corrected chi connectivity index (χ0v) is 16.2. The molecule has 1 aliphatic rings. The van der Waals surface area contributed by atoms with Crippen LogP contribution in [0.2, 0.25) is 0 Å². The lowest BCUT2D eigenvalue weighted by atomic mass is 10.1. The van der Waals surface area contributed by atoms with Crippen LogP contribution < -0.4 is 15.4 Å². The molecule has 0 bridgehead atoms. The number of ether oxygens (including phenoxy) is 1. The predicted octanol–water partition coefficient (Wildman–Crippen LogP) is 3.16. The van der Waals surface area contributed by atoms with E-state index in [0.717, 1.165) is 17.8 Å². The number of aliphatic imine (C=N–C) groups is 1. The molecule has 3 rings (SSSR count). The molecule has 1 aromatic heterocycles. The van der Waals surface area contributed by atoms with Gasteiger partial charge in [0.25, 0.3) is 0 Å². The SMILES string of the molecule is CCNC(=NCc1ccnn1C)NC(C)c1ccc(OCC2CC2)c(F)c1. The van der Waals surface area contributed by atoms with E-state index in [0.29, 0.717) is 30.8 Å². The van der Waals surface area contributed by atoms with Crippen LogP contribution in [0.15, 0.2) is 35.5 Å². The minimum absolute atomic E-state index is 0.0960. The first-order valence-corrected chi connectivity index (χ1v) is 9.50. The molecule has 1 fully saturated rings. The van der Waals surface area contributed by atoms with E-state index in [4.69, 9.17) is 4.74 Å². The number of guanidine groups is 1. The van der Waals surface area contributed by atoms with E-state index in [1.165, 1.54) is 18.9 Å². The number of benzene rings is 1. The molecule has 1 aromatic carbocycles. The predicted molar refractivity (Wildman–Crippen MR) is 104 cm³/mol. The first-order chi connectivity index (χ1) is 13.1. The van der Waals surface area contributed by atoms with Crippen molar-refractivity contribution in [2.75, 3.05) is 13.2 Å². The van der Waals surface area contributed by atoms with Gasteiger partial charge in [-0.15, -0.1) is 0 Å². The van der Waals surface area contributed by atoms with Crippen molar-refractivity contribution in [3.05, 3.63) is 47.5 Å². The smallest absolute Gasteiger partial charge is 0.192 e. The van der Waals surface area contributed by atoms with E-state index < -0.39 is 0 Å². The Balaban J connectivity index is 1.62. The lowest BCUT2D eigenvalue weighted by Gasteiger charge is -2.19. The van der Waals surface area contributed by atoms with Crippen molar-refractivity contribution in [1.82, 2.24) is 20.4 Å². The number of hydrogen-bond acceptors (Lipinski definition) is 3. The maximum atomic E-state index is 14.3. The van der Waals surface area contributed by atoms with Crippen LogP contribution in [-0.2, 0) is 13.6 Å². The molecule has 0 radical (unpaired) electrons. The van der Waals surface area contributed by atoms with E-state index >= 15 is 0 Å². The maximum Gasteiger partial charge on any atom is 0.192 e. The van der Waals surface area contributed by atoms with Gasteiger partial charge in [0.05, 0.1) is 24.9 Å². The maximum absolute atomic E-state index is 14.3. The molecule has 6 nitrogen and oxygen atoms in total. The Kier molecular flexibility index (Phi) is 6.32. The van der Waals surface area contributed by atoms with Crippen LogP contribution in [-0.4, -0.2) is 28.9 Å². The number of rotatable bonds is 8. The summed E-state index contributed by atoms with van der Waals surface area (Å²) in [5.74, 6) is 1.29. The van der Waals surface area contributed by atoms with Gasteiger partial charge in [-0.3, -0.25) is 4.68 Å². The normalized spacial score (nSPS) is 15.5. The summed E-state index contributed by atoms with van der Waals surface area (Å²) in [6, 6.07) is 6.98. The van der Waals surface area contributed by atoms with E-state index in [1.54, 1.807) is 16.9 Å². The van der Waals surface area contributed by atoms with Crippen molar-refractivity contribution in [3.8, 4) is 5.75 Å². The zero-order valence-electron chi connectivity index (χ0n) is 16.2. The standard InChI is InChI=1S/C20H28FN5O/c1-4-22-20(23-12-17-9-10-24-26(17)3)25-14(2)16-7-8-19(18(21)11-16)27-13-15-5-6-15/h7-11,14-15H,4-6,12-13H2,1-3H3,(H2,22,23,25). The lowest BCUT2D eigenvalue weighted by Crippen LogP contribution is -2.38. The molecule has 27 heavy (non-hydrogen) atoms. The summed E-state index contributed by atoms with van der Waals surface area (Å²) in [5, 5.41) is 10.7. The first-order valence-electron chi connectivity index (χ1n) is 9.50. The molecule has 1 saturated carbocycles. The van der Waals surface area contributed by atoms with E-state index in [9.17, 15) is 4.39 Å². The van der Waals surface area contributed by atoms with Crippen LogP contribution in [0.1, 0.15) is 44.0 Å². The highest BCUT2D eigenvalue weighted by molar-refractivity contribution is 5.80. The number of nitrogens with zero attached hydrogens (tertiary/aromatic N) is 3. The highest BCUT2D eigenvalue weighted by atomic mass is 19.1. The number of nitrogens with one attached hydrogen (secondary N) is 2. The Morgan fingerprint density at radius 3 is 2.85 bits per heavy atom. The Morgan fingerprint density at radius 2 is 2.22 bits per heavy atom. The largest absolute Gasteiger partial charge is 0.490 e. The third kappa shape index (κ3) is 5.45. The average molecular weight is 373 g/mol. The van der Waals surface area contributed by atoms with Gasteiger partial charge in [0.1, 0.15) is 0 Å². The number of aryl methyl sites for hydroxylation is 1. The van der Waals surface area contributed by atoms with Crippen LogP contribution in [0.5, 0.6) is 5.75 Å². The third-order valence-electron chi connectivity index (χ3n) is 4.65. The summed E-state index contributed by atoms with van der Waals surface area (Å²) in [5.41, 5.74) is 1.86. The fraction of sp³-hybridized carbons (Fsp3) is 0.500. The minimum atomic E-state index is -0.321. The quantitative estimate of drug-likeness (QED) is 0.551. The number of aromatic nitrogens is 2. The van der Waals surface area contributed by atoms with Gasteiger partial charge in [-0.25, -0.2) is 9.38 Å². The molecule has 1 unspecified atom stereocenters. The molecule has 1 atom stereocenters. The summed E-state index contributed by atoms with van der Waals surface area (Å²) in [6.07, 6.45) is 4.13. The van der Waals surface area contributed by atoms with E-state index in [2.05, 4.69) is 20.7 Å². The van der Waals surface area contributed by atoms with Crippen molar-refractivity contribution in [2.24, 2.45) is 18.0 Å². The highest BCUT2D eigenvalue weighted by Gasteiger charge is 2.22. The topological polar surface area (TPSA) is 63.5 Å². The van der Waals surface area contributed by atoms with Gasteiger partial charge >= 0.3 is 0 Å². The molecular formula is C20H28FN5O. The van der Waals surface area contributed by atoms with Crippen molar-refractivity contribution in [2.45, 2.75) is 39.3 Å². The Hall–Kier alpha value is -2.57. The zero-order chi connectivity index (χ0) is 19.2. The molecule has 1 heterocycles. The lowest BCUT2D eigenvalue weighted by molar-refractivity contribution is 0.285. The molecule has 0 spiro atoms. The second-order valence-electron chi connectivity index (χ2n) is 6.95. The summed E-state index contributed by atoms with van der Waals surface area (Å²) < 4.78 is 21.7. The van der Waals surface area contributed by atoms with Crippen LogP contribution in [0, 0.1) is 11.7 Å². The van der Waals surface area contributed by atoms with Gasteiger partial charge in [-0.05, 0) is 56.4 Å². The Labute approximate surface area is 159 Å². The Bertz CT molecular complexity index is 784. The minimum Gasteiger partial charge on any atom is -0.490 e. The average Bonchev–Trinajstić information content (AvgIpc) is 3.39. The van der Waals surface area contributed by atoms with Crippen molar-refractivity contribution < 1.29 is 9.13 Å². The molecule has 2 aromatic rings. The molecule has 0 saturated heterocycles. The highest BCUT2D eigenvalue weighted by Crippen LogP contribution is 2.30. The summed E-state index contributed by atoms with van der Waals surface area (Å²) in [7, 11) is 1.89. The van der Waals surface area contributed by atoms with Crippen molar-refractivity contribution in [3.63, 3.8) is 0 Å².